The van der Waals surface area contributed by atoms with Crippen LogP contribution in [0.1, 0.15) is 33.8 Å². The van der Waals surface area contributed by atoms with Gasteiger partial charge in [-0.05, 0) is 55.0 Å². The first-order valence-corrected chi connectivity index (χ1v) is 10.7. The van der Waals surface area contributed by atoms with Gasteiger partial charge in [-0.25, -0.2) is 9.97 Å². The van der Waals surface area contributed by atoms with Gasteiger partial charge in [0.1, 0.15) is 0 Å². The van der Waals surface area contributed by atoms with Crippen molar-refractivity contribution in [3.63, 3.8) is 0 Å². The van der Waals surface area contributed by atoms with E-state index in [0.29, 0.717) is 18.1 Å². The van der Waals surface area contributed by atoms with Crippen LogP contribution in [0, 0.1) is 0 Å². The Morgan fingerprint density at radius 2 is 1.90 bits per heavy atom. The van der Waals surface area contributed by atoms with E-state index in [-0.39, 0.29) is 5.91 Å². The van der Waals surface area contributed by atoms with E-state index in [9.17, 15) is 9.90 Å². The zero-order chi connectivity index (χ0) is 21.6. The first-order valence-electron chi connectivity index (χ1n) is 9.89. The fourth-order valence-electron chi connectivity index (χ4n) is 3.03. The van der Waals surface area contributed by atoms with Gasteiger partial charge in [0.2, 0.25) is 5.95 Å². The van der Waals surface area contributed by atoms with Crippen LogP contribution in [0.15, 0.2) is 79.0 Å². The molecule has 2 heterocycles. The van der Waals surface area contributed by atoms with Crippen molar-refractivity contribution in [3.05, 3.63) is 95.0 Å². The first kappa shape index (κ1) is 20.7. The maximum absolute atomic E-state index is 12.2. The average molecular weight is 431 g/mol. The lowest BCUT2D eigenvalue weighted by molar-refractivity contribution is 0.0951. The highest BCUT2D eigenvalue weighted by atomic mass is 32.1. The van der Waals surface area contributed by atoms with Gasteiger partial charge in [0.05, 0.1) is 23.2 Å². The van der Waals surface area contributed by atoms with Crippen LogP contribution in [0.4, 0.5) is 11.6 Å². The number of benzene rings is 2. The smallest absolute Gasteiger partial charge is 0.251 e. The summed E-state index contributed by atoms with van der Waals surface area (Å²) < 4.78 is 0. The fourth-order valence-corrected chi connectivity index (χ4v) is 3.95. The van der Waals surface area contributed by atoms with Gasteiger partial charge in [-0.15, -0.1) is 11.3 Å². The third-order valence-electron chi connectivity index (χ3n) is 4.65. The molecule has 0 radical (unpaired) electrons. The van der Waals surface area contributed by atoms with E-state index >= 15 is 0 Å². The van der Waals surface area contributed by atoms with Crippen molar-refractivity contribution in [2.75, 3.05) is 5.32 Å². The molecule has 1 unspecified atom stereocenters. The van der Waals surface area contributed by atoms with Crippen molar-refractivity contribution < 1.29 is 9.90 Å². The molecular weight excluding hydrogens is 408 g/mol. The van der Waals surface area contributed by atoms with Crippen LogP contribution in [-0.4, -0.2) is 21.0 Å². The molecule has 1 atom stereocenters. The first-order chi connectivity index (χ1) is 15.1. The Bertz CT molecular complexity index is 1170. The van der Waals surface area contributed by atoms with Gasteiger partial charge in [-0.3, -0.25) is 4.79 Å². The summed E-state index contributed by atoms with van der Waals surface area (Å²) in [7, 11) is 0. The second-order valence-electron chi connectivity index (χ2n) is 7.01. The van der Waals surface area contributed by atoms with Crippen molar-refractivity contribution >= 4 is 28.9 Å². The molecule has 4 rings (SSSR count). The van der Waals surface area contributed by atoms with E-state index in [1.54, 1.807) is 36.6 Å². The summed E-state index contributed by atoms with van der Waals surface area (Å²) in [5, 5.41) is 15.9. The number of aliphatic hydroxyl groups excluding tert-OH is 1. The molecule has 0 aliphatic rings. The SMILES string of the molecule is CC(O)c1cccc(Nc2nccc(-c3ccc(CNC(=O)c4ccccc4)s3)n2)c1. The zero-order valence-electron chi connectivity index (χ0n) is 16.9. The maximum atomic E-state index is 12.2. The number of hydrogen-bond donors (Lipinski definition) is 3. The van der Waals surface area contributed by atoms with Gasteiger partial charge in [0, 0.05) is 22.3 Å². The number of thiophene rings is 1. The Kier molecular flexibility index (Phi) is 6.35. The van der Waals surface area contributed by atoms with Crippen LogP contribution in [0.25, 0.3) is 10.6 Å². The Morgan fingerprint density at radius 3 is 2.71 bits per heavy atom. The Balaban J connectivity index is 1.43. The third-order valence-corrected chi connectivity index (χ3v) is 5.76. The number of carbonyl (C=O) groups excluding carboxylic acids is 1. The summed E-state index contributed by atoms with van der Waals surface area (Å²) in [5.74, 6) is 0.385. The van der Waals surface area contributed by atoms with Crippen LogP contribution in [0.5, 0.6) is 0 Å². The number of nitrogens with one attached hydrogen (secondary N) is 2. The monoisotopic (exact) mass is 430 g/mol. The Labute approximate surface area is 184 Å². The molecule has 0 aliphatic carbocycles. The largest absolute Gasteiger partial charge is 0.389 e. The van der Waals surface area contributed by atoms with Crippen molar-refractivity contribution in [1.29, 1.82) is 0 Å². The van der Waals surface area contributed by atoms with E-state index in [2.05, 4.69) is 20.6 Å². The van der Waals surface area contributed by atoms with Crippen molar-refractivity contribution in [2.45, 2.75) is 19.6 Å². The Hall–Kier alpha value is -3.55. The van der Waals surface area contributed by atoms with E-state index in [0.717, 1.165) is 26.7 Å². The number of aromatic nitrogens is 2. The number of amides is 1. The molecule has 31 heavy (non-hydrogen) atoms. The molecule has 4 aromatic rings. The van der Waals surface area contributed by atoms with Crippen molar-refractivity contribution in [1.82, 2.24) is 15.3 Å². The van der Waals surface area contributed by atoms with Gasteiger partial charge in [-0.2, -0.15) is 0 Å². The second kappa shape index (κ2) is 9.51. The number of anilines is 2. The van der Waals surface area contributed by atoms with E-state index in [4.69, 9.17) is 0 Å². The minimum absolute atomic E-state index is 0.0940. The third kappa shape index (κ3) is 5.33. The maximum Gasteiger partial charge on any atom is 0.251 e. The van der Waals surface area contributed by atoms with Crippen LogP contribution >= 0.6 is 11.3 Å². The second-order valence-corrected chi connectivity index (χ2v) is 8.17. The molecular formula is C24H22N4O2S. The molecule has 0 bridgehead atoms. The summed E-state index contributed by atoms with van der Waals surface area (Å²) >= 11 is 1.58. The molecule has 2 aromatic carbocycles. The van der Waals surface area contributed by atoms with Gasteiger partial charge >= 0.3 is 0 Å². The number of hydrogen-bond acceptors (Lipinski definition) is 6. The summed E-state index contributed by atoms with van der Waals surface area (Å²) in [4.78, 5) is 23.2. The summed E-state index contributed by atoms with van der Waals surface area (Å²) in [5.41, 5.74) is 3.08. The molecule has 7 heteroatoms. The van der Waals surface area contributed by atoms with Gasteiger partial charge in [-0.1, -0.05) is 30.3 Å². The molecule has 2 aromatic heterocycles. The molecule has 0 aliphatic heterocycles. The lowest BCUT2D eigenvalue weighted by Gasteiger charge is -2.09. The minimum atomic E-state index is -0.541. The predicted octanol–water partition coefficient (Wildman–Crippen LogP) is 4.93. The van der Waals surface area contributed by atoms with Crippen LogP contribution < -0.4 is 10.6 Å². The molecule has 6 nitrogen and oxygen atoms in total. The van der Waals surface area contributed by atoms with Crippen LogP contribution in [-0.2, 0) is 6.54 Å². The van der Waals surface area contributed by atoms with E-state index in [1.807, 2.05) is 60.7 Å². The number of rotatable bonds is 7. The molecule has 0 fully saturated rings. The highest BCUT2D eigenvalue weighted by Gasteiger charge is 2.09. The zero-order valence-corrected chi connectivity index (χ0v) is 17.8. The van der Waals surface area contributed by atoms with Crippen molar-refractivity contribution in [3.8, 4) is 10.6 Å². The average Bonchev–Trinajstić information content (AvgIpc) is 3.27. The normalized spacial score (nSPS) is 11.7. The molecule has 0 saturated carbocycles. The summed E-state index contributed by atoms with van der Waals surface area (Å²) in [6.07, 6.45) is 1.17. The fraction of sp³-hybridized carbons (Fsp3) is 0.125. The topological polar surface area (TPSA) is 87.1 Å². The number of nitrogens with zero attached hydrogens (tertiary/aromatic N) is 2. The lowest BCUT2D eigenvalue weighted by atomic mass is 10.1. The highest BCUT2D eigenvalue weighted by Crippen LogP contribution is 2.28. The molecule has 3 N–H and O–H groups in total. The Morgan fingerprint density at radius 1 is 1.06 bits per heavy atom. The van der Waals surface area contributed by atoms with Crippen LogP contribution in [0.2, 0.25) is 0 Å². The van der Waals surface area contributed by atoms with Crippen molar-refractivity contribution in [2.24, 2.45) is 0 Å². The predicted molar refractivity (Wildman–Crippen MR) is 123 cm³/mol. The van der Waals surface area contributed by atoms with Gasteiger partial charge in [0.25, 0.3) is 5.91 Å². The lowest BCUT2D eigenvalue weighted by Crippen LogP contribution is -2.22. The molecule has 0 spiro atoms. The number of aliphatic hydroxyl groups is 1. The summed E-state index contributed by atoms with van der Waals surface area (Å²) in [6, 6.07) is 22.5. The van der Waals surface area contributed by atoms with E-state index in [1.165, 1.54) is 0 Å². The summed E-state index contributed by atoms with van der Waals surface area (Å²) in [6.45, 7) is 2.19. The standard InChI is InChI=1S/C24H22N4O2S/c1-16(29)18-8-5-9-19(14-18)27-24-25-13-12-21(28-24)22-11-10-20(31-22)15-26-23(30)17-6-3-2-4-7-17/h2-14,16,29H,15H2,1H3,(H,26,30)(H,25,27,28). The number of carbonyl (C=O) groups is 1. The molecule has 1 amide bonds. The molecule has 156 valence electrons. The molecule has 0 saturated heterocycles. The minimum Gasteiger partial charge on any atom is -0.389 e. The van der Waals surface area contributed by atoms with Gasteiger partial charge < -0.3 is 15.7 Å². The van der Waals surface area contributed by atoms with Crippen LogP contribution in [0.3, 0.4) is 0 Å². The highest BCUT2D eigenvalue weighted by molar-refractivity contribution is 7.15. The van der Waals surface area contributed by atoms with E-state index < -0.39 is 6.10 Å². The van der Waals surface area contributed by atoms with Gasteiger partial charge in [0.15, 0.2) is 0 Å². The quantitative estimate of drug-likeness (QED) is 0.387.